The molecule has 0 aliphatic heterocycles. The largest absolute Gasteiger partial charge is 0.385 e. The summed E-state index contributed by atoms with van der Waals surface area (Å²) in [6, 6.07) is 17.8. The predicted molar refractivity (Wildman–Crippen MR) is 92.3 cm³/mol. The third kappa shape index (κ3) is 6.19. The number of nitrogens with one attached hydrogen (secondary N) is 2. The van der Waals surface area contributed by atoms with Gasteiger partial charge in [0.25, 0.3) is 0 Å². The highest BCUT2D eigenvalue weighted by Gasteiger charge is 2.01. The van der Waals surface area contributed by atoms with Crippen LogP contribution in [-0.2, 0) is 11.2 Å². The molecule has 4 heteroatoms. The first kappa shape index (κ1) is 16.4. The van der Waals surface area contributed by atoms with Crippen LogP contribution in [0.3, 0.4) is 0 Å². The lowest BCUT2D eigenvalue weighted by atomic mass is 10.1. The fraction of sp³-hybridized carbons (Fsp3) is 0.278. The number of hydrogen-bond donors (Lipinski definition) is 2. The zero-order chi connectivity index (χ0) is 15.6. The normalized spacial score (nSPS) is 10.2. The van der Waals surface area contributed by atoms with Gasteiger partial charge in [-0.05, 0) is 42.7 Å². The second-order valence-corrected chi connectivity index (χ2v) is 5.56. The third-order valence-electron chi connectivity index (χ3n) is 3.33. The Bertz CT molecular complexity index is 569. The van der Waals surface area contributed by atoms with Crippen molar-refractivity contribution in [3.05, 3.63) is 65.2 Å². The Hall–Kier alpha value is -2.00. The van der Waals surface area contributed by atoms with Crippen molar-refractivity contribution in [2.45, 2.75) is 19.3 Å². The summed E-state index contributed by atoms with van der Waals surface area (Å²) >= 11 is 5.82. The SMILES string of the molecule is O=C(CCNc1ccc(Cl)cc1)NCCCc1ccccc1. The van der Waals surface area contributed by atoms with Crippen LogP contribution in [-0.4, -0.2) is 19.0 Å². The summed E-state index contributed by atoms with van der Waals surface area (Å²) in [5.41, 5.74) is 2.28. The Morgan fingerprint density at radius 3 is 2.41 bits per heavy atom. The monoisotopic (exact) mass is 316 g/mol. The molecule has 0 aliphatic carbocycles. The number of carbonyl (C=O) groups excluding carboxylic acids is 1. The maximum absolute atomic E-state index is 11.7. The maximum atomic E-state index is 11.7. The summed E-state index contributed by atoms with van der Waals surface area (Å²) < 4.78 is 0. The van der Waals surface area contributed by atoms with Crippen LogP contribution in [0.15, 0.2) is 54.6 Å². The van der Waals surface area contributed by atoms with E-state index in [2.05, 4.69) is 22.8 Å². The summed E-state index contributed by atoms with van der Waals surface area (Å²) in [7, 11) is 0. The van der Waals surface area contributed by atoms with Gasteiger partial charge in [-0.1, -0.05) is 41.9 Å². The molecule has 116 valence electrons. The first-order valence-corrected chi connectivity index (χ1v) is 7.92. The van der Waals surface area contributed by atoms with E-state index in [1.54, 1.807) is 0 Å². The van der Waals surface area contributed by atoms with Gasteiger partial charge in [0.15, 0.2) is 0 Å². The lowest BCUT2D eigenvalue weighted by Crippen LogP contribution is -2.26. The highest BCUT2D eigenvalue weighted by Crippen LogP contribution is 2.13. The molecule has 0 saturated carbocycles. The van der Waals surface area contributed by atoms with Crippen LogP contribution in [0.5, 0.6) is 0 Å². The second-order valence-electron chi connectivity index (χ2n) is 5.12. The van der Waals surface area contributed by atoms with Crippen molar-refractivity contribution >= 4 is 23.2 Å². The molecule has 2 aromatic carbocycles. The Labute approximate surface area is 136 Å². The lowest BCUT2D eigenvalue weighted by Gasteiger charge is -2.07. The number of rotatable bonds is 8. The van der Waals surface area contributed by atoms with Crippen molar-refractivity contribution in [3.63, 3.8) is 0 Å². The van der Waals surface area contributed by atoms with Gasteiger partial charge in [0.2, 0.25) is 5.91 Å². The van der Waals surface area contributed by atoms with Gasteiger partial charge in [0, 0.05) is 30.2 Å². The molecule has 3 nitrogen and oxygen atoms in total. The number of benzene rings is 2. The van der Waals surface area contributed by atoms with Gasteiger partial charge >= 0.3 is 0 Å². The van der Waals surface area contributed by atoms with E-state index >= 15 is 0 Å². The van der Waals surface area contributed by atoms with E-state index in [4.69, 9.17) is 11.6 Å². The molecule has 0 aromatic heterocycles. The highest BCUT2D eigenvalue weighted by molar-refractivity contribution is 6.30. The number of hydrogen-bond acceptors (Lipinski definition) is 2. The minimum Gasteiger partial charge on any atom is -0.385 e. The molecule has 1 amide bonds. The number of carbonyl (C=O) groups is 1. The Morgan fingerprint density at radius 2 is 1.68 bits per heavy atom. The van der Waals surface area contributed by atoms with E-state index < -0.39 is 0 Å². The van der Waals surface area contributed by atoms with Gasteiger partial charge in [0.05, 0.1) is 0 Å². The van der Waals surface area contributed by atoms with Gasteiger partial charge < -0.3 is 10.6 Å². The fourth-order valence-corrected chi connectivity index (χ4v) is 2.27. The van der Waals surface area contributed by atoms with Gasteiger partial charge in [-0.25, -0.2) is 0 Å². The molecule has 2 aromatic rings. The van der Waals surface area contributed by atoms with Crippen LogP contribution in [0.25, 0.3) is 0 Å². The number of aryl methyl sites for hydroxylation is 1. The summed E-state index contributed by atoms with van der Waals surface area (Å²) in [4.78, 5) is 11.7. The van der Waals surface area contributed by atoms with Crippen LogP contribution in [0.4, 0.5) is 5.69 Å². The number of anilines is 1. The molecule has 0 spiro atoms. The van der Waals surface area contributed by atoms with Crippen LogP contribution in [0.2, 0.25) is 5.02 Å². The van der Waals surface area contributed by atoms with Gasteiger partial charge in [0.1, 0.15) is 0 Å². The molecule has 0 unspecified atom stereocenters. The average Bonchev–Trinajstić information content (AvgIpc) is 2.54. The minimum atomic E-state index is 0.0783. The second kappa shape index (κ2) is 9.11. The van der Waals surface area contributed by atoms with Crippen molar-refractivity contribution in [1.82, 2.24) is 5.32 Å². The van der Waals surface area contributed by atoms with Gasteiger partial charge in [-0.3, -0.25) is 4.79 Å². The minimum absolute atomic E-state index is 0.0783. The first-order chi connectivity index (χ1) is 10.7. The molecule has 2 N–H and O–H groups in total. The summed E-state index contributed by atoms with van der Waals surface area (Å²) in [6.45, 7) is 1.33. The molecule has 0 heterocycles. The van der Waals surface area contributed by atoms with Crippen LogP contribution in [0, 0.1) is 0 Å². The molecule has 0 saturated heterocycles. The molecule has 0 bridgehead atoms. The number of amides is 1. The summed E-state index contributed by atoms with van der Waals surface area (Å²) in [6.07, 6.45) is 2.42. The van der Waals surface area contributed by atoms with E-state index in [1.807, 2.05) is 42.5 Å². The lowest BCUT2D eigenvalue weighted by molar-refractivity contribution is -0.120. The standard InChI is InChI=1S/C18H21ClN2O/c19-16-8-10-17(11-9-16)20-14-12-18(22)21-13-4-7-15-5-2-1-3-6-15/h1-3,5-6,8-11,20H,4,7,12-14H2,(H,21,22). The molecule has 0 aliphatic rings. The molecule has 0 radical (unpaired) electrons. The molecular formula is C18H21ClN2O. The van der Waals surface area contributed by atoms with Crippen molar-refractivity contribution < 1.29 is 4.79 Å². The molecule has 0 fully saturated rings. The smallest absolute Gasteiger partial charge is 0.221 e. The zero-order valence-corrected chi connectivity index (χ0v) is 13.3. The topological polar surface area (TPSA) is 41.1 Å². The van der Waals surface area contributed by atoms with Crippen molar-refractivity contribution in [3.8, 4) is 0 Å². The van der Waals surface area contributed by atoms with E-state index in [-0.39, 0.29) is 5.91 Å². The molecule has 2 rings (SSSR count). The third-order valence-corrected chi connectivity index (χ3v) is 3.58. The number of halogens is 1. The van der Waals surface area contributed by atoms with E-state index in [0.29, 0.717) is 24.5 Å². The van der Waals surface area contributed by atoms with Gasteiger partial charge in [-0.2, -0.15) is 0 Å². The van der Waals surface area contributed by atoms with Crippen LogP contribution >= 0.6 is 11.6 Å². The highest BCUT2D eigenvalue weighted by atomic mass is 35.5. The van der Waals surface area contributed by atoms with Crippen molar-refractivity contribution in [2.24, 2.45) is 0 Å². The van der Waals surface area contributed by atoms with Crippen molar-refractivity contribution in [1.29, 1.82) is 0 Å². The average molecular weight is 317 g/mol. The van der Waals surface area contributed by atoms with Gasteiger partial charge in [-0.15, -0.1) is 0 Å². The molecule has 0 atom stereocenters. The van der Waals surface area contributed by atoms with Crippen molar-refractivity contribution in [2.75, 3.05) is 18.4 Å². The Kier molecular flexibility index (Phi) is 6.78. The Morgan fingerprint density at radius 1 is 0.955 bits per heavy atom. The zero-order valence-electron chi connectivity index (χ0n) is 12.5. The quantitative estimate of drug-likeness (QED) is 0.725. The maximum Gasteiger partial charge on any atom is 0.221 e. The van der Waals surface area contributed by atoms with Crippen LogP contribution in [0.1, 0.15) is 18.4 Å². The van der Waals surface area contributed by atoms with E-state index in [1.165, 1.54) is 5.56 Å². The van der Waals surface area contributed by atoms with E-state index in [0.717, 1.165) is 18.5 Å². The Balaban J connectivity index is 1.55. The molecule has 22 heavy (non-hydrogen) atoms. The summed E-state index contributed by atoms with van der Waals surface area (Å²) in [5.74, 6) is 0.0783. The van der Waals surface area contributed by atoms with Crippen LogP contribution < -0.4 is 10.6 Å². The summed E-state index contributed by atoms with van der Waals surface area (Å²) in [5, 5.41) is 6.86. The fourth-order valence-electron chi connectivity index (χ4n) is 2.14. The molecular weight excluding hydrogens is 296 g/mol. The van der Waals surface area contributed by atoms with E-state index in [9.17, 15) is 4.79 Å². The predicted octanol–water partition coefficient (Wildman–Crippen LogP) is 3.89. The first-order valence-electron chi connectivity index (χ1n) is 7.54.